The van der Waals surface area contributed by atoms with Crippen molar-refractivity contribution in [1.29, 1.82) is 0 Å². The molecule has 0 amide bonds. The number of phosphoric acid groups is 1. The minimum absolute atomic E-state index is 0.0612. The molecule has 0 aromatic rings. The number of carbonyl (C=O) groups is 2. The summed E-state index contributed by atoms with van der Waals surface area (Å²) in [5.41, 5.74) is 0. The van der Waals surface area contributed by atoms with Crippen LogP contribution >= 0.6 is 7.82 Å². The first kappa shape index (κ1) is 50.4. The molecule has 0 fully saturated rings. The Hall–Kier alpha value is -2.63. The van der Waals surface area contributed by atoms with Gasteiger partial charge in [-0.15, -0.1) is 0 Å². The fourth-order valence-electron chi connectivity index (χ4n) is 4.61. The topological polar surface area (TPSA) is 169 Å². The van der Waals surface area contributed by atoms with Crippen LogP contribution < -0.4 is 0 Å². The van der Waals surface area contributed by atoms with E-state index in [9.17, 15) is 29.3 Å². The fraction of sp³-hybridized carbons (Fsp3) is 0.659. The Balaban J connectivity index is 4.65. The predicted molar refractivity (Wildman–Crippen MR) is 211 cm³/mol. The smallest absolute Gasteiger partial charge is 0.462 e. The highest BCUT2D eigenvalue weighted by Gasteiger charge is 2.27. The van der Waals surface area contributed by atoms with Gasteiger partial charge in [0.1, 0.15) is 12.7 Å². The normalized spacial score (nSPS) is 16.0. The quantitative estimate of drug-likeness (QED) is 0.0163. The minimum atomic E-state index is -4.68. The molecule has 0 rings (SSSR count). The first-order chi connectivity index (χ1) is 25.5. The van der Waals surface area contributed by atoms with Crippen LogP contribution in [-0.2, 0) is 32.7 Å². The summed E-state index contributed by atoms with van der Waals surface area (Å²) in [5, 5.41) is 28.5. The number of aliphatic hydroxyl groups is 3. The number of hydrogen-bond acceptors (Lipinski definition) is 10. The number of phosphoric ester groups is 1. The third-order valence-corrected chi connectivity index (χ3v) is 8.98. The molecule has 0 bridgehead atoms. The number of rotatable bonds is 34. The van der Waals surface area contributed by atoms with Crippen LogP contribution in [0.3, 0.4) is 0 Å². The fourth-order valence-corrected chi connectivity index (χ4v) is 5.40. The molecule has 0 aliphatic heterocycles. The van der Waals surface area contributed by atoms with Crippen LogP contribution in [0, 0.1) is 5.92 Å². The van der Waals surface area contributed by atoms with Crippen molar-refractivity contribution in [3.05, 3.63) is 72.9 Å². The maximum absolute atomic E-state index is 12.6. The van der Waals surface area contributed by atoms with E-state index in [4.69, 9.17) is 19.1 Å². The molecule has 0 saturated heterocycles. The zero-order valence-corrected chi connectivity index (χ0v) is 33.4. The Bertz CT molecular complexity index is 1140. The lowest BCUT2D eigenvalue weighted by Gasteiger charge is -2.20. The molecule has 0 aliphatic carbocycles. The van der Waals surface area contributed by atoms with E-state index in [1.807, 2.05) is 12.2 Å². The summed E-state index contributed by atoms with van der Waals surface area (Å²) in [7, 11) is -4.68. The van der Waals surface area contributed by atoms with E-state index < -0.39 is 64.5 Å². The Morgan fingerprint density at radius 1 is 0.679 bits per heavy atom. The SMILES string of the molecule is CC/C=C\C/C=C\C/C=C\C/C=C\C/C=C\C=C/C(O)CCC(=O)O[C@H](COC(=O)CCCCCCCCC(C)CC)COP(=O)(O)OC[C@@H](O)CO. The van der Waals surface area contributed by atoms with Crippen LogP contribution in [0.25, 0.3) is 0 Å². The lowest BCUT2D eigenvalue weighted by atomic mass is 10.00. The van der Waals surface area contributed by atoms with E-state index in [1.165, 1.54) is 25.7 Å². The van der Waals surface area contributed by atoms with Gasteiger partial charge in [0, 0.05) is 12.8 Å². The molecular formula is C41H69O11P. The number of unbranched alkanes of at least 4 members (excludes halogenated alkanes) is 5. The summed E-state index contributed by atoms with van der Waals surface area (Å²) in [6.45, 7) is 4.21. The molecule has 3 unspecified atom stereocenters. The zero-order valence-electron chi connectivity index (χ0n) is 32.5. The number of ether oxygens (including phenoxy) is 2. The minimum Gasteiger partial charge on any atom is -0.462 e. The second kappa shape index (κ2) is 35.1. The van der Waals surface area contributed by atoms with Gasteiger partial charge in [0.25, 0.3) is 0 Å². The van der Waals surface area contributed by atoms with Crippen LogP contribution in [0.1, 0.15) is 124 Å². The summed E-state index contributed by atoms with van der Waals surface area (Å²) >= 11 is 0. The van der Waals surface area contributed by atoms with E-state index in [-0.39, 0.29) is 19.3 Å². The molecule has 0 aromatic heterocycles. The molecule has 0 spiro atoms. The van der Waals surface area contributed by atoms with Gasteiger partial charge in [-0.3, -0.25) is 18.6 Å². The first-order valence-electron chi connectivity index (χ1n) is 19.4. The molecule has 53 heavy (non-hydrogen) atoms. The third kappa shape index (κ3) is 34.9. The van der Waals surface area contributed by atoms with Gasteiger partial charge < -0.3 is 29.7 Å². The van der Waals surface area contributed by atoms with E-state index in [0.29, 0.717) is 6.42 Å². The second-order valence-electron chi connectivity index (χ2n) is 13.0. The number of aliphatic hydroxyl groups excluding tert-OH is 3. The predicted octanol–water partition coefficient (Wildman–Crippen LogP) is 8.54. The molecule has 5 atom stereocenters. The number of carbonyl (C=O) groups excluding carboxylic acids is 2. The van der Waals surface area contributed by atoms with Crippen molar-refractivity contribution in [3.63, 3.8) is 0 Å². The van der Waals surface area contributed by atoms with Crippen molar-refractivity contribution >= 4 is 19.8 Å². The number of esters is 2. The van der Waals surface area contributed by atoms with E-state index in [2.05, 4.69) is 73.9 Å². The van der Waals surface area contributed by atoms with Crippen LogP contribution in [0.5, 0.6) is 0 Å². The molecule has 0 aromatic carbocycles. The average Bonchev–Trinajstić information content (AvgIpc) is 3.14. The van der Waals surface area contributed by atoms with Crippen molar-refractivity contribution in [3.8, 4) is 0 Å². The highest BCUT2D eigenvalue weighted by molar-refractivity contribution is 7.47. The zero-order chi connectivity index (χ0) is 39.4. The van der Waals surface area contributed by atoms with E-state index in [0.717, 1.165) is 57.3 Å². The van der Waals surface area contributed by atoms with E-state index >= 15 is 0 Å². The molecule has 0 aliphatic rings. The lowest BCUT2D eigenvalue weighted by molar-refractivity contribution is -0.161. The Morgan fingerprint density at radius 2 is 1.25 bits per heavy atom. The number of hydrogen-bond donors (Lipinski definition) is 4. The standard InChI is InChI=1S/C41H69O11P/c1-4-6-7-8-9-10-11-12-13-14-15-16-17-18-22-25-28-37(43)30-31-41(46)52-39(35-51-53(47,48)50-33-38(44)32-42)34-49-40(45)29-26-23-20-19-21-24-27-36(3)5-2/h6-7,9-10,12-13,15-16,18,22,25,28,36-39,42-44H,4-5,8,11,14,17,19-21,23-24,26-27,29-35H2,1-3H3,(H,47,48)/b7-6-,10-9-,13-12-,16-15-,22-18-,28-25-/t36?,37?,38-,39+/m0/s1. The van der Waals surface area contributed by atoms with Crippen LogP contribution in [0.2, 0.25) is 0 Å². The van der Waals surface area contributed by atoms with Gasteiger partial charge in [-0.05, 0) is 50.9 Å². The summed E-state index contributed by atoms with van der Waals surface area (Å²) < 4.78 is 32.4. The van der Waals surface area contributed by atoms with Gasteiger partial charge in [-0.1, -0.05) is 139 Å². The van der Waals surface area contributed by atoms with Gasteiger partial charge in [0.15, 0.2) is 6.10 Å². The molecule has 4 N–H and O–H groups in total. The molecule has 0 heterocycles. The monoisotopic (exact) mass is 768 g/mol. The van der Waals surface area contributed by atoms with Gasteiger partial charge in [-0.2, -0.15) is 0 Å². The van der Waals surface area contributed by atoms with Gasteiger partial charge in [0.2, 0.25) is 0 Å². The highest BCUT2D eigenvalue weighted by atomic mass is 31.2. The second-order valence-corrected chi connectivity index (χ2v) is 14.5. The highest BCUT2D eigenvalue weighted by Crippen LogP contribution is 2.43. The van der Waals surface area contributed by atoms with Crippen molar-refractivity contribution in [2.75, 3.05) is 26.4 Å². The summed E-state index contributed by atoms with van der Waals surface area (Å²) in [6.07, 6.45) is 33.7. The van der Waals surface area contributed by atoms with Crippen molar-refractivity contribution < 1.29 is 52.9 Å². The Kier molecular flexibility index (Phi) is 33.4. The Labute approximate surface area is 319 Å². The first-order valence-corrected chi connectivity index (χ1v) is 20.9. The third-order valence-electron chi connectivity index (χ3n) is 8.03. The molecular weight excluding hydrogens is 699 g/mol. The maximum atomic E-state index is 12.6. The summed E-state index contributed by atoms with van der Waals surface area (Å²) in [5.74, 6) is -0.466. The van der Waals surface area contributed by atoms with Gasteiger partial charge >= 0.3 is 19.8 Å². The summed E-state index contributed by atoms with van der Waals surface area (Å²) in [6, 6.07) is 0. The molecule has 0 saturated carbocycles. The van der Waals surface area contributed by atoms with Crippen molar-refractivity contribution in [2.45, 2.75) is 142 Å². The van der Waals surface area contributed by atoms with E-state index in [1.54, 1.807) is 12.2 Å². The average molecular weight is 769 g/mol. The lowest BCUT2D eigenvalue weighted by Crippen LogP contribution is -2.30. The summed E-state index contributed by atoms with van der Waals surface area (Å²) in [4.78, 5) is 34.8. The van der Waals surface area contributed by atoms with Crippen molar-refractivity contribution in [2.24, 2.45) is 5.92 Å². The van der Waals surface area contributed by atoms with Crippen LogP contribution in [-0.4, -0.2) is 76.9 Å². The Morgan fingerprint density at radius 3 is 1.85 bits per heavy atom. The maximum Gasteiger partial charge on any atom is 0.472 e. The van der Waals surface area contributed by atoms with Gasteiger partial charge in [-0.25, -0.2) is 4.57 Å². The van der Waals surface area contributed by atoms with Gasteiger partial charge in [0.05, 0.1) is 25.9 Å². The largest absolute Gasteiger partial charge is 0.472 e. The molecule has 0 radical (unpaired) electrons. The van der Waals surface area contributed by atoms with Crippen molar-refractivity contribution in [1.82, 2.24) is 0 Å². The molecule has 304 valence electrons. The number of allylic oxidation sites excluding steroid dienone is 11. The molecule has 12 heteroatoms. The molecule has 11 nitrogen and oxygen atoms in total. The van der Waals surface area contributed by atoms with Crippen LogP contribution in [0.4, 0.5) is 0 Å². The van der Waals surface area contributed by atoms with Crippen LogP contribution in [0.15, 0.2) is 72.9 Å².